The first kappa shape index (κ1) is 21.9. The number of carbonyl (C=O) groups is 1. The summed E-state index contributed by atoms with van der Waals surface area (Å²) < 4.78 is 13.3. The molecule has 0 amide bonds. The van der Waals surface area contributed by atoms with Gasteiger partial charge in [0, 0.05) is 34.4 Å². The summed E-state index contributed by atoms with van der Waals surface area (Å²) in [6, 6.07) is 18.9. The van der Waals surface area contributed by atoms with Gasteiger partial charge >= 0.3 is 0 Å². The number of aromatic nitrogens is 4. The molecule has 0 saturated heterocycles. The van der Waals surface area contributed by atoms with Crippen molar-refractivity contribution in [1.82, 2.24) is 19.7 Å². The Hall–Kier alpha value is -3.97. The van der Waals surface area contributed by atoms with Crippen LogP contribution in [-0.2, 0) is 13.0 Å². The molecule has 0 aliphatic heterocycles. The molecule has 0 unspecified atom stereocenters. The summed E-state index contributed by atoms with van der Waals surface area (Å²) in [4.78, 5) is 17.8. The normalized spacial score (nSPS) is 11.1. The van der Waals surface area contributed by atoms with E-state index in [9.17, 15) is 4.79 Å². The van der Waals surface area contributed by atoms with E-state index in [0.717, 1.165) is 28.6 Å². The summed E-state index contributed by atoms with van der Waals surface area (Å²) in [5.41, 5.74) is 3.88. The van der Waals surface area contributed by atoms with Gasteiger partial charge in [-0.3, -0.25) is 9.78 Å². The van der Waals surface area contributed by atoms with Gasteiger partial charge in [0.25, 0.3) is 17.6 Å². The first-order valence-electron chi connectivity index (χ1n) is 10.8. The van der Waals surface area contributed by atoms with Gasteiger partial charge in [-0.25, -0.2) is 0 Å². The molecule has 8 heteroatoms. The van der Waals surface area contributed by atoms with Gasteiger partial charge in [-0.05, 0) is 61.4 Å². The molecule has 0 fully saturated rings. The van der Waals surface area contributed by atoms with Crippen LogP contribution in [0, 0.1) is 6.92 Å². The fourth-order valence-corrected chi connectivity index (χ4v) is 4.32. The van der Waals surface area contributed by atoms with E-state index in [1.165, 1.54) is 0 Å². The number of ketones is 1. The number of rotatable bonds is 7. The second-order valence-corrected chi connectivity index (χ2v) is 8.27. The van der Waals surface area contributed by atoms with Crippen molar-refractivity contribution in [3.05, 3.63) is 94.6 Å². The number of carbonyl (C=O) groups excluding carboxylic acids is 1. The number of hydrogen-bond acceptors (Lipinski definition) is 6. The first-order chi connectivity index (χ1) is 16.5. The first-order valence-corrected chi connectivity index (χ1v) is 11.1. The van der Waals surface area contributed by atoms with E-state index in [1.54, 1.807) is 25.4 Å². The minimum Gasteiger partial charge on any atom is -0.497 e. The molecule has 34 heavy (non-hydrogen) atoms. The summed E-state index contributed by atoms with van der Waals surface area (Å²) in [5, 5.41) is 9.50. The van der Waals surface area contributed by atoms with E-state index >= 15 is 0 Å². The molecule has 2 aromatic carbocycles. The Kier molecular flexibility index (Phi) is 5.86. The number of hydrogen-bond donors (Lipinski definition) is 0. The van der Waals surface area contributed by atoms with Crippen LogP contribution in [0.3, 0.4) is 0 Å². The van der Waals surface area contributed by atoms with Crippen molar-refractivity contribution in [1.29, 1.82) is 0 Å². The minimum absolute atomic E-state index is 0.0829. The number of nitrogens with zero attached hydrogens (tertiary/aromatic N) is 4. The van der Waals surface area contributed by atoms with E-state index in [2.05, 4.69) is 19.7 Å². The van der Waals surface area contributed by atoms with Crippen LogP contribution in [0.1, 0.15) is 27.5 Å². The van der Waals surface area contributed by atoms with Crippen molar-refractivity contribution in [2.45, 2.75) is 19.9 Å². The zero-order valence-electron chi connectivity index (χ0n) is 18.7. The molecule has 0 bridgehead atoms. The van der Waals surface area contributed by atoms with E-state index in [-0.39, 0.29) is 17.6 Å². The molecule has 5 rings (SSSR count). The summed E-state index contributed by atoms with van der Waals surface area (Å²) in [6.07, 6.45) is 2.39. The van der Waals surface area contributed by atoms with E-state index in [0.29, 0.717) is 28.6 Å². The molecular formula is C26H21ClN4O3. The molecule has 0 atom stereocenters. The van der Waals surface area contributed by atoms with Gasteiger partial charge < -0.3 is 13.7 Å². The van der Waals surface area contributed by atoms with Crippen molar-refractivity contribution in [2.24, 2.45) is 0 Å². The Morgan fingerprint density at radius 3 is 2.74 bits per heavy atom. The van der Waals surface area contributed by atoms with Crippen LogP contribution < -0.4 is 4.74 Å². The Morgan fingerprint density at radius 1 is 1.09 bits per heavy atom. The molecule has 0 spiro atoms. The summed E-state index contributed by atoms with van der Waals surface area (Å²) in [6.45, 7) is 2.60. The Morgan fingerprint density at radius 2 is 1.97 bits per heavy atom. The third kappa shape index (κ3) is 4.06. The van der Waals surface area contributed by atoms with Crippen LogP contribution in [0.15, 0.2) is 71.3 Å². The highest BCUT2D eigenvalue weighted by molar-refractivity contribution is 6.30. The van der Waals surface area contributed by atoms with Crippen molar-refractivity contribution >= 4 is 28.3 Å². The standard InChI is InChI=1S/C26H21ClN4O3/c1-16-23(24(32)26-30-29-25(34-26)21-8-3-4-12-28-21)20-15-19(33-2)9-10-22(20)31(16)13-11-17-6-5-7-18(27)14-17/h3-10,12,14-15H,11,13H2,1-2H3. The van der Waals surface area contributed by atoms with Gasteiger partial charge in [0.15, 0.2) is 0 Å². The predicted molar refractivity (Wildman–Crippen MR) is 129 cm³/mol. The average Bonchev–Trinajstić information content (AvgIpc) is 3.45. The minimum atomic E-state index is -0.341. The molecule has 170 valence electrons. The van der Waals surface area contributed by atoms with E-state index < -0.39 is 0 Å². The number of aryl methyl sites for hydroxylation is 2. The lowest BCUT2D eigenvalue weighted by atomic mass is 10.1. The fraction of sp³-hybridized carbons (Fsp3) is 0.154. The van der Waals surface area contributed by atoms with Crippen LogP contribution in [0.2, 0.25) is 5.02 Å². The number of pyridine rings is 1. The highest BCUT2D eigenvalue weighted by Crippen LogP contribution is 2.32. The third-order valence-electron chi connectivity index (χ3n) is 5.77. The average molecular weight is 473 g/mol. The highest BCUT2D eigenvalue weighted by Gasteiger charge is 2.26. The van der Waals surface area contributed by atoms with Crippen LogP contribution in [-0.4, -0.2) is 32.6 Å². The number of fused-ring (bicyclic) bond motifs is 1. The van der Waals surface area contributed by atoms with Gasteiger partial charge in [0.2, 0.25) is 0 Å². The van der Waals surface area contributed by atoms with Crippen molar-refractivity contribution < 1.29 is 13.9 Å². The molecule has 0 aliphatic rings. The van der Waals surface area contributed by atoms with Crippen LogP contribution in [0.5, 0.6) is 5.75 Å². The van der Waals surface area contributed by atoms with Crippen LogP contribution in [0.4, 0.5) is 0 Å². The highest BCUT2D eigenvalue weighted by atomic mass is 35.5. The Labute approximate surface area is 201 Å². The largest absolute Gasteiger partial charge is 0.497 e. The topological polar surface area (TPSA) is 83.0 Å². The molecule has 3 heterocycles. The second-order valence-electron chi connectivity index (χ2n) is 7.83. The Bertz CT molecular complexity index is 1490. The SMILES string of the molecule is COc1ccc2c(c1)c(C(=O)c1nnc(-c3ccccn3)o1)c(C)n2CCc1cccc(Cl)c1. The fourth-order valence-electron chi connectivity index (χ4n) is 4.11. The number of benzene rings is 2. The second kappa shape index (κ2) is 9.11. The summed E-state index contributed by atoms with van der Waals surface area (Å²) >= 11 is 6.15. The molecule has 0 radical (unpaired) electrons. The van der Waals surface area contributed by atoms with Gasteiger partial charge in [0.1, 0.15) is 11.4 Å². The van der Waals surface area contributed by atoms with E-state index in [1.807, 2.05) is 55.5 Å². The predicted octanol–water partition coefficient (Wildman–Crippen LogP) is 5.53. The lowest BCUT2D eigenvalue weighted by molar-refractivity contribution is 0.100. The van der Waals surface area contributed by atoms with Gasteiger partial charge in [0.05, 0.1) is 12.7 Å². The van der Waals surface area contributed by atoms with Crippen LogP contribution >= 0.6 is 11.6 Å². The quantitative estimate of drug-likeness (QED) is 0.289. The van der Waals surface area contributed by atoms with E-state index in [4.69, 9.17) is 20.8 Å². The van der Waals surface area contributed by atoms with Gasteiger partial charge in [-0.1, -0.05) is 29.8 Å². The maximum absolute atomic E-state index is 13.6. The van der Waals surface area contributed by atoms with Crippen LogP contribution in [0.25, 0.3) is 22.5 Å². The monoisotopic (exact) mass is 472 g/mol. The summed E-state index contributed by atoms with van der Waals surface area (Å²) in [7, 11) is 1.60. The molecule has 0 N–H and O–H groups in total. The maximum atomic E-state index is 13.6. The molecule has 5 aromatic rings. The zero-order chi connectivity index (χ0) is 23.7. The van der Waals surface area contributed by atoms with Gasteiger partial charge in [-0.2, -0.15) is 0 Å². The molecule has 3 aromatic heterocycles. The number of halogens is 1. The van der Waals surface area contributed by atoms with Crippen molar-refractivity contribution in [2.75, 3.05) is 7.11 Å². The molecule has 0 saturated carbocycles. The zero-order valence-corrected chi connectivity index (χ0v) is 19.4. The van der Waals surface area contributed by atoms with Crippen molar-refractivity contribution in [3.63, 3.8) is 0 Å². The molecule has 7 nitrogen and oxygen atoms in total. The Balaban J connectivity index is 1.55. The lowest BCUT2D eigenvalue weighted by Gasteiger charge is -2.09. The summed E-state index contributed by atoms with van der Waals surface area (Å²) in [5.74, 6) is 0.435. The smallest absolute Gasteiger partial charge is 0.289 e. The maximum Gasteiger partial charge on any atom is 0.289 e. The molecule has 0 aliphatic carbocycles. The molecular weight excluding hydrogens is 452 g/mol. The third-order valence-corrected chi connectivity index (χ3v) is 6.01. The van der Waals surface area contributed by atoms with Crippen molar-refractivity contribution in [3.8, 4) is 17.3 Å². The number of ether oxygens (including phenoxy) is 1. The number of methoxy groups -OCH3 is 1. The van der Waals surface area contributed by atoms with Gasteiger partial charge in [-0.15, -0.1) is 10.2 Å². The lowest BCUT2D eigenvalue weighted by Crippen LogP contribution is -2.07.